The van der Waals surface area contributed by atoms with Crippen molar-refractivity contribution in [2.75, 3.05) is 7.05 Å². The van der Waals surface area contributed by atoms with Gasteiger partial charge >= 0.3 is 0 Å². The van der Waals surface area contributed by atoms with Gasteiger partial charge in [-0.05, 0) is 41.8 Å². The maximum absolute atomic E-state index is 12.7. The van der Waals surface area contributed by atoms with Gasteiger partial charge in [0.05, 0.1) is 17.8 Å². The van der Waals surface area contributed by atoms with Crippen LogP contribution in [0, 0.1) is 0 Å². The molecule has 26 heavy (non-hydrogen) atoms. The Bertz CT molecular complexity index is 1010. The summed E-state index contributed by atoms with van der Waals surface area (Å²) in [7, 11) is 1.87. The molecular formula is C20H21N3O2S. The maximum Gasteiger partial charge on any atom is 0.262 e. The van der Waals surface area contributed by atoms with E-state index in [0.29, 0.717) is 18.4 Å². The molecule has 0 spiro atoms. The van der Waals surface area contributed by atoms with Gasteiger partial charge in [-0.15, -0.1) is 11.3 Å². The van der Waals surface area contributed by atoms with Gasteiger partial charge < -0.3 is 4.90 Å². The van der Waals surface area contributed by atoms with Crippen LogP contribution in [0.2, 0.25) is 0 Å². The molecule has 0 N–H and O–H groups in total. The van der Waals surface area contributed by atoms with Crippen LogP contribution in [0.3, 0.4) is 0 Å². The number of rotatable bonds is 4. The fraction of sp³-hybridized carbons (Fsp3) is 0.350. The first kappa shape index (κ1) is 17.0. The van der Waals surface area contributed by atoms with E-state index in [4.69, 9.17) is 0 Å². The Kier molecular flexibility index (Phi) is 4.59. The Morgan fingerprint density at radius 3 is 3.08 bits per heavy atom. The van der Waals surface area contributed by atoms with E-state index in [1.54, 1.807) is 12.4 Å². The summed E-state index contributed by atoms with van der Waals surface area (Å²) in [6, 6.07) is 10.3. The van der Waals surface area contributed by atoms with Gasteiger partial charge in [0.15, 0.2) is 0 Å². The lowest BCUT2D eigenvalue weighted by Gasteiger charge is -2.33. The van der Waals surface area contributed by atoms with Gasteiger partial charge in [-0.25, -0.2) is 4.98 Å². The number of hydrogen-bond donors (Lipinski definition) is 0. The van der Waals surface area contributed by atoms with E-state index < -0.39 is 0 Å². The molecule has 1 aliphatic rings. The molecule has 1 aliphatic carbocycles. The van der Waals surface area contributed by atoms with E-state index in [1.807, 2.05) is 23.4 Å². The first-order chi connectivity index (χ1) is 12.6. The normalized spacial score (nSPS) is 16.4. The average molecular weight is 367 g/mol. The molecule has 6 heteroatoms. The summed E-state index contributed by atoms with van der Waals surface area (Å²) in [6.07, 6.45) is 5.01. The molecule has 2 heterocycles. The zero-order valence-electron chi connectivity index (χ0n) is 14.7. The molecule has 0 radical (unpaired) electrons. The van der Waals surface area contributed by atoms with Crippen LogP contribution in [-0.2, 0) is 17.8 Å². The molecule has 1 atom stereocenters. The predicted octanol–water partition coefficient (Wildman–Crippen LogP) is 3.38. The second kappa shape index (κ2) is 7.03. The second-order valence-electron chi connectivity index (χ2n) is 6.74. The van der Waals surface area contributed by atoms with E-state index in [2.05, 4.69) is 23.2 Å². The van der Waals surface area contributed by atoms with Crippen molar-refractivity contribution in [1.82, 2.24) is 14.5 Å². The summed E-state index contributed by atoms with van der Waals surface area (Å²) >= 11 is 1.45. The van der Waals surface area contributed by atoms with Gasteiger partial charge in [-0.2, -0.15) is 0 Å². The molecule has 0 bridgehead atoms. The SMILES string of the molecule is CN(C(=O)CCn1cnc2sccc2c1=O)C1CCCc2ccccc21. The van der Waals surface area contributed by atoms with Crippen molar-refractivity contribution in [3.05, 3.63) is 63.5 Å². The third-order valence-corrected chi connectivity index (χ3v) is 6.04. The number of carbonyl (C=O) groups excluding carboxylic acids is 1. The molecule has 1 amide bonds. The summed E-state index contributed by atoms with van der Waals surface area (Å²) in [5.74, 6) is 0.0593. The van der Waals surface area contributed by atoms with Crippen molar-refractivity contribution in [2.24, 2.45) is 0 Å². The molecule has 2 aromatic heterocycles. The van der Waals surface area contributed by atoms with Crippen molar-refractivity contribution in [2.45, 2.75) is 38.3 Å². The Morgan fingerprint density at radius 2 is 2.19 bits per heavy atom. The number of benzene rings is 1. The number of aromatic nitrogens is 2. The molecule has 0 fully saturated rings. The molecule has 1 unspecified atom stereocenters. The minimum Gasteiger partial charge on any atom is -0.339 e. The van der Waals surface area contributed by atoms with E-state index in [-0.39, 0.29) is 17.5 Å². The van der Waals surface area contributed by atoms with Crippen molar-refractivity contribution in [3.63, 3.8) is 0 Å². The van der Waals surface area contributed by atoms with Crippen molar-refractivity contribution >= 4 is 27.5 Å². The van der Waals surface area contributed by atoms with E-state index in [9.17, 15) is 9.59 Å². The quantitative estimate of drug-likeness (QED) is 0.710. The van der Waals surface area contributed by atoms with Gasteiger partial charge in [0.25, 0.3) is 5.56 Å². The summed E-state index contributed by atoms with van der Waals surface area (Å²) < 4.78 is 1.54. The molecular weight excluding hydrogens is 346 g/mol. The van der Waals surface area contributed by atoms with Crippen molar-refractivity contribution in [1.29, 1.82) is 0 Å². The first-order valence-corrected chi connectivity index (χ1v) is 9.79. The maximum atomic E-state index is 12.7. The minimum absolute atomic E-state index is 0.0593. The highest BCUT2D eigenvalue weighted by Crippen LogP contribution is 2.33. The summed E-state index contributed by atoms with van der Waals surface area (Å²) in [5.41, 5.74) is 2.52. The monoisotopic (exact) mass is 367 g/mol. The lowest BCUT2D eigenvalue weighted by molar-refractivity contribution is -0.132. The molecule has 0 saturated heterocycles. The van der Waals surface area contributed by atoms with Crippen LogP contribution in [0.25, 0.3) is 10.2 Å². The molecule has 5 nitrogen and oxygen atoms in total. The fourth-order valence-electron chi connectivity index (χ4n) is 3.75. The van der Waals surface area contributed by atoms with Gasteiger partial charge in [0, 0.05) is 20.0 Å². The van der Waals surface area contributed by atoms with Crippen LogP contribution in [0.15, 0.2) is 46.8 Å². The van der Waals surface area contributed by atoms with E-state index in [0.717, 1.165) is 24.1 Å². The first-order valence-electron chi connectivity index (χ1n) is 8.91. The topological polar surface area (TPSA) is 55.2 Å². The highest BCUT2D eigenvalue weighted by molar-refractivity contribution is 7.16. The zero-order chi connectivity index (χ0) is 18.1. The summed E-state index contributed by atoms with van der Waals surface area (Å²) in [5, 5.41) is 2.49. The molecule has 4 rings (SSSR count). The number of fused-ring (bicyclic) bond motifs is 2. The molecule has 1 aromatic carbocycles. The summed E-state index contributed by atoms with van der Waals surface area (Å²) in [6.45, 7) is 0.356. The Balaban J connectivity index is 1.48. The van der Waals surface area contributed by atoms with Crippen LogP contribution in [0.4, 0.5) is 0 Å². The van der Waals surface area contributed by atoms with Crippen LogP contribution in [0.5, 0.6) is 0 Å². The van der Waals surface area contributed by atoms with Crippen LogP contribution in [0.1, 0.15) is 36.4 Å². The molecule has 134 valence electrons. The smallest absolute Gasteiger partial charge is 0.262 e. The standard InChI is InChI=1S/C20H21N3O2S/c1-22(17-8-4-6-14-5-2-3-7-15(14)17)18(24)9-11-23-13-21-19-16(20(23)25)10-12-26-19/h2-3,5,7,10,12-13,17H,4,6,8-9,11H2,1H3. The van der Waals surface area contributed by atoms with Gasteiger partial charge in [0.1, 0.15) is 4.83 Å². The zero-order valence-corrected chi connectivity index (χ0v) is 15.5. The predicted molar refractivity (Wildman–Crippen MR) is 103 cm³/mol. The molecule has 3 aromatic rings. The second-order valence-corrected chi connectivity index (χ2v) is 7.64. The number of nitrogens with zero attached hydrogens (tertiary/aromatic N) is 3. The van der Waals surface area contributed by atoms with Crippen molar-refractivity contribution in [3.8, 4) is 0 Å². The highest BCUT2D eigenvalue weighted by atomic mass is 32.1. The van der Waals surface area contributed by atoms with Gasteiger partial charge in [-0.1, -0.05) is 24.3 Å². The lowest BCUT2D eigenvalue weighted by Crippen LogP contribution is -2.34. The number of thiophene rings is 1. The Labute approximate surface area is 155 Å². The van der Waals surface area contributed by atoms with Gasteiger partial charge in [-0.3, -0.25) is 14.2 Å². The number of hydrogen-bond acceptors (Lipinski definition) is 4. The minimum atomic E-state index is -0.0743. The van der Waals surface area contributed by atoms with E-state index >= 15 is 0 Å². The number of carbonyl (C=O) groups is 1. The van der Waals surface area contributed by atoms with Crippen LogP contribution in [-0.4, -0.2) is 27.4 Å². The highest BCUT2D eigenvalue weighted by Gasteiger charge is 2.26. The van der Waals surface area contributed by atoms with Crippen LogP contribution < -0.4 is 5.56 Å². The Hall–Kier alpha value is -2.47. The fourth-order valence-corrected chi connectivity index (χ4v) is 4.47. The third-order valence-electron chi connectivity index (χ3n) is 5.22. The van der Waals surface area contributed by atoms with E-state index in [1.165, 1.54) is 27.0 Å². The Morgan fingerprint density at radius 1 is 1.35 bits per heavy atom. The van der Waals surface area contributed by atoms with Crippen LogP contribution >= 0.6 is 11.3 Å². The molecule has 0 saturated carbocycles. The summed E-state index contributed by atoms with van der Waals surface area (Å²) in [4.78, 5) is 32.1. The molecule has 0 aliphatic heterocycles. The largest absolute Gasteiger partial charge is 0.339 e. The van der Waals surface area contributed by atoms with Crippen molar-refractivity contribution < 1.29 is 4.79 Å². The number of amides is 1. The number of aryl methyl sites for hydroxylation is 2. The lowest BCUT2D eigenvalue weighted by atomic mass is 9.87. The third kappa shape index (κ3) is 3.05. The average Bonchev–Trinajstić information content (AvgIpc) is 3.16. The van der Waals surface area contributed by atoms with Gasteiger partial charge in [0.2, 0.25) is 5.91 Å².